The summed E-state index contributed by atoms with van der Waals surface area (Å²) in [5, 5.41) is 2.18. The molecule has 3 aromatic rings. The number of rotatable bonds is 7. The molecule has 11 heteroatoms. The average molecular weight is 541 g/mol. The molecule has 0 spiro atoms. The Labute approximate surface area is 212 Å². The number of anilines is 2. The van der Waals surface area contributed by atoms with Crippen molar-refractivity contribution in [3.8, 4) is 5.75 Å². The minimum absolute atomic E-state index is 0.0799. The quantitative estimate of drug-likeness (QED) is 0.391. The number of methoxy groups -OCH3 is 1. The van der Waals surface area contributed by atoms with Crippen LogP contribution in [0.3, 0.4) is 0 Å². The van der Waals surface area contributed by atoms with Crippen LogP contribution in [0.5, 0.6) is 5.75 Å². The second-order valence-electron chi connectivity index (χ2n) is 8.25. The highest BCUT2D eigenvalue weighted by molar-refractivity contribution is 7.93. The Morgan fingerprint density at radius 2 is 1.61 bits per heavy atom. The summed E-state index contributed by atoms with van der Waals surface area (Å²) in [6.45, 7) is 4.53. The molecule has 0 aliphatic rings. The van der Waals surface area contributed by atoms with E-state index in [2.05, 4.69) is 5.32 Å². The van der Waals surface area contributed by atoms with E-state index in [1.54, 1.807) is 39.0 Å². The van der Waals surface area contributed by atoms with Crippen molar-refractivity contribution in [1.29, 1.82) is 0 Å². The molecule has 6 nitrogen and oxygen atoms in total. The first kappa shape index (κ1) is 27.3. The largest absolute Gasteiger partial charge is 0.495 e. The summed E-state index contributed by atoms with van der Waals surface area (Å²) in [6.07, 6.45) is -4.65. The number of alkyl halides is 3. The predicted molar refractivity (Wildman–Crippen MR) is 133 cm³/mol. The van der Waals surface area contributed by atoms with E-state index >= 15 is 0 Å². The van der Waals surface area contributed by atoms with Crippen molar-refractivity contribution < 1.29 is 31.1 Å². The Hall–Kier alpha value is -3.24. The number of amides is 1. The van der Waals surface area contributed by atoms with E-state index < -0.39 is 34.2 Å². The number of hydrogen-bond donors (Lipinski definition) is 1. The van der Waals surface area contributed by atoms with E-state index in [0.717, 1.165) is 27.6 Å². The van der Waals surface area contributed by atoms with Crippen molar-refractivity contribution in [3.05, 3.63) is 81.9 Å². The second kappa shape index (κ2) is 10.4. The first-order valence-electron chi connectivity index (χ1n) is 10.6. The lowest BCUT2D eigenvalue weighted by Crippen LogP contribution is -2.38. The number of halogens is 4. The van der Waals surface area contributed by atoms with Crippen LogP contribution in [-0.2, 0) is 21.0 Å². The molecule has 0 aliphatic heterocycles. The van der Waals surface area contributed by atoms with Crippen LogP contribution in [0.15, 0.2) is 59.5 Å². The van der Waals surface area contributed by atoms with E-state index in [1.807, 2.05) is 6.07 Å². The number of sulfonamides is 1. The molecule has 0 bridgehead atoms. The van der Waals surface area contributed by atoms with E-state index in [-0.39, 0.29) is 27.0 Å². The maximum absolute atomic E-state index is 13.8. The van der Waals surface area contributed by atoms with Crippen molar-refractivity contribution in [3.63, 3.8) is 0 Å². The van der Waals surface area contributed by atoms with Crippen LogP contribution in [0.2, 0.25) is 5.02 Å². The monoisotopic (exact) mass is 540 g/mol. The van der Waals surface area contributed by atoms with Crippen LogP contribution in [0.25, 0.3) is 0 Å². The molecule has 0 unspecified atom stereocenters. The Bertz CT molecular complexity index is 1390. The molecule has 0 saturated carbocycles. The van der Waals surface area contributed by atoms with Gasteiger partial charge in [0.05, 0.1) is 29.1 Å². The van der Waals surface area contributed by atoms with Gasteiger partial charge in [0.1, 0.15) is 17.2 Å². The molecule has 3 rings (SSSR count). The summed E-state index contributed by atoms with van der Waals surface area (Å²) in [7, 11) is -3.02. The molecule has 1 N–H and O–H groups in total. The second-order valence-corrected chi connectivity index (χ2v) is 10.5. The number of carbonyl (C=O) groups excluding carboxylic acids is 1. The number of aryl methyl sites for hydroxylation is 3. The van der Waals surface area contributed by atoms with Crippen LogP contribution in [0.1, 0.15) is 22.3 Å². The number of nitrogens with zero attached hydrogens (tertiary/aromatic N) is 1. The van der Waals surface area contributed by atoms with Gasteiger partial charge in [-0.3, -0.25) is 9.10 Å². The minimum atomic E-state index is -4.65. The maximum Gasteiger partial charge on any atom is 0.416 e. The highest BCUT2D eigenvalue weighted by Gasteiger charge is 2.33. The van der Waals surface area contributed by atoms with Crippen LogP contribution in [0, 0.1) is 20.8 Å². The third kappa shape index (κ3) is 6.11. The molecule has 0 saturated heterocycles. The Kier molecular flexibility index (Phi) is 7.90. The summed E-state index contributed by atoms with van der Waals surface area (Å²) >= 11 is 6.00. The van der Waals surface area contributed by atoms with Gasteiger partial charge in [-0.15, -0.1) is 0 Å². The van der Waals surface area contributed by atoms with Crippen LogP contribution in [-0.4, -0.2) is 28.0 Å². The Morgan fingerprint density at radius 3 is 2.19 bits per heavy atom. The van der Waals surface area contributed by atoms with Crippen LogP contribution >= 0.6 is 11.6 Å². The highest BCUT2D eigenvalue weighted by atomic mass is 35.5. The first-order chi connectivity index (χ1) is 16.7. The van der Waals surface area contributed by atoms with Gasteiger partial charge in [0.25, 0.3) is 10.0 Å². The maximum atomic E-state index is 13.8. The zero-order valence-electron chi connectivity index (χ0n) is 19.9. The smallest absolute Gasteiger partial charge is 0.416 e. The Balaban J connectivity index is 2.06. The average Bonchev–Trinajstić information content (AvgIpc) is 2.77. The molecule has 192 valence electrons. The molecule has 0 fully saturated rings. The van der Waals surface area contributed by atoms with Crippen molar-refractivity contribution >= 4 is 38.9 Å². The molecular formula is C25H24ClF3N2O4S. The molecule has 1 amide bonds. The van der Waals surface area contributed by atoms with Crippen molar-refractivity contribution in [2.45, 2.75) is 31.8 Å². The number of benzene rings is 3. The molecule has 0 aromatic heterocycles. The Morgan fingerprint density at radius 1 is 0.972 bits per heavy atom. The zero-order valence-corrected chi connectivity index (χ0v) is 21.5. The minimum Gasteiger partial charge on any atom is -0.495 e. The predicted octanol–water partition coefficient (Wildman–Crippen LogP) is 6.13. The van der Waals surface area contributed by atoms with Crippen LogP contribution < -0.4 is 14.4 Å². The summed E-state index contributed by atoms with van der Waals surface area (Å²) in [6, 6.07) is 12.1. The van der Waals surface area contributed by atoms with E-state index in [4.69, 9.17) is 16.3 Å². The lowest BCUT2D eigenvalue weighted by atomic mass is 10.1. The fraction of sp³-hybridized carbons (Fsp3) is 0.240. The molecule has 3 aromatic carbocycles. The van der Waals surface area contributed by atoms with E-state index in [0.29, 0.717) is 11.6 Å². The number of nitrogens with one attached hydrogen (secondary N) is 1. The number of hydrogen-bond acceptors (Lipinski definition) is 4. The lowest BCUT2D eigenvalue weighted by molar-refractivity contribution is -0.137. The number of ether oxygens (including phenoxy) is 1. The standard InChI is InChI=1S/C25H24ClF3N2O4S/c1-15-5-8-22(35-4)23(12-15)36(33,34)31(19-10-16(2)9-17(3)11-19)14-24(32)30-21-13-18(25(27,28)29)6-7-20(21)26/h5-13H,14H2,1-4H3,(H,30,32). The van der Waals surface area contributed by atoms with Crippen molar-refractivity contribution in [2.24, 2.45) is 0 Å². The summed E-state index contributed by atoms with van der Waals surface area (Å²) in [5.74, 6) is -0.804. The highest BCUT2D eigenvalue weighted by Crippen LogP contribution is 2.35. The summed E-state index contributed by atoms with van der Waals surface area (Å²) in [5.41, 5.74) is 1.06. The van der Waals surface area contributed by atoms with Gasteiger partial charge in [0.15, 0.2) is 0 Å². The summed E-state index contributed by atoms with van der Waals surface area (Å²) in [4.78, 5) is 12.8. The lowest BCUT2D eigenvalue weighted by Gasteiger charge is -2.26. The van der Waals surface area contributed by atoms with E-state index in [9.17, 15) is 26.4 Å². The summed E-state index contributed by atoms with van der Waals surface area (Å²) < 4.78 is 73.2. The fourth-order valence-electron chi connectivity index (χ4n) is 3.63. The van der Waals surface area contributed by atoms with Gasteiger partial charge in [-0.25, -0.2) is 8.42 Å². The molecule has 0 radical (unpaired) electrons. The molecular weight excluding hydrogens is 517 g/mol. The van der Waals surface area contributed by atoms with Gasteiger partial charge in [-0.2, -0.15) is 13.2 Å². The van der Waals surface area contributed by atoms with Crippen molar-refractivity contribution in [1.82, 2.24) is 0 Å². The fourth-order valence-corrected chi connectivity index (χ4v) is 5.44. The zero-order chi connectivity index (χ0) is 26.8. The molecule has 0 heterocycles. The topological polar surface area (TPSA) is 75.7 Å². The molecule has 0 aliphatic carbocycles. The third-order valence-electron chi connectivity index (χ3n) is 5.24. The van der Waals surface area contributed by atoms with Gasteiger partial charge >= 0.3 is 6.18 Å². The van der Waals surface area contributed by atoms with Crippen molar-refractivity contribution in [2.75, 3.05) is 23.3 Å². The number of carbonyl (C=O) groups is 1. The SMILES string of the molecule is COc1ccc(C)cc1S(=O)(=O)N(CC(=O)Nc1cc(C(F)(F)F)ccc1Cl)c1cc(C)cc(C)c1. The first-order valence-corrected chi connectivity index (χ1v) is 12.5. The van der Waals surface area contributed by atoms with Gasteiger partial charge in [-0.05, 0) is 79.9 Å². The van der Waals surface area contributed by atoms with Gasteiger partial charge in [0.2, 0.25) is 5.91 Å². The van der Waals surface area contributed by atoms with Crippen LogP contribution in [0.4, 0.5) is 24.5 Å². The van der Waals surface area contributed by atoms with Gasteiger partial charge in [-0.1, -0.05) is 23.7 Å². The van der Waals surface area contributed by atoms with Gasteiger partial charge < -0.3 is 10.1 Å². The van der Waals surface area contributed by atoms with E-state index in [1.165, 1.54) is 19.2 Å². The third-order valence-corrected chi connectivity index (χ3v) is 7.36. The molecule has 36 heavy (non-hydrogen) atoms. The normalized spacial score (nSPS) is 11.8. The van der Waals surface area contributed by atoms with Gasteiger partial charge in [0, 0.05) is 0 Å². The molecule has 0 atom stereocenters.